The minimum Gasteiger partial charge on any atom is -0.387 e. The summed E-state index contributed by atoms with van der Waals surface area (Å²) in [4.78, 5) is 14.6. The monoisotopic (exact) mass is 348 g/mol. The summed E-state index contributed by atoms with van der Waals surface area (Å²) in [6, 6.07) is 8.06. The van der Waals surface area contributed by atoms with Crippen molar-refractivity contribution in [1.29, 1.82) is 0 Å². The molecule has 3 rings (SSSR count). The van der Waals surface area contributed by atoms with E-state index in [0.717, 1.165) is 30.5 Å². The third-order valence-electron chi connectivity index (χ3n) is 4.36. The van der Waals surface area contributed by atoms with E-state index in [1.54, 1.807) is 12.1 Å². The van der Waals surface area contributed by atoms with E-state index in [9.17, 15) is 14.3 Å². The number of nitrogens with one attached hydrogen (secondary N) is 1. The van der Waals surface area contributed by atoms with Crippen molar-refractivity contribution >= 4 is 17.2 Å². The maximum absolute atomic E-state index is 13.0. The van der Waals surface area contributed by atoms with Gasteiger partial charge in [-0.1, -0.05) is 12.1 Å². The van der Waals surface area contributed by atoms with Gasteiger partial charge in [0.1, 0.15) is 5.82 Å². The van der Waals surface area contributed by atoms with Crippen LogP contribution in [0, 0.1) is 5.82 Å². The Morgan fingerprint density at radius 3 is 2.88 bits per heavy atom. The second-order valence-corrected chi connectivity index (χ2v) is 6.85. The van der Waals surface area contributed by atoms with E-state index in [-0.39, 0.29) is 24.3 Å². The first kappa shape index (κ1) is 17.1. The Hall–Kier alpha value is -1.76. The second-order valence-electron chi connectivity index (χ2n) is 6.07. The van der Waals surface area contributed by atoms with Crippen LogP contribution in [-0.2, 0) is 11.3 Å². The molecule has 2 N–H and O–H groups in total. The number of halogens is 1. The summed E-state index contributed by atoms with van der Waals surface area (Å²) in [7, 11) is 0. The van der Waals surface area contributed by atoms with Crippen molar-refractivity contribution < 1.29 is 14.3 Å². The zero-order chi connectivity index (χ0) is 16.9. The average Bonchev–Trinajstić information content (AvgIpc) is 3.26. The molecule has 1 saturated heterocycles. The van der Waals surface area contributed by atoms with Gasteiger partial charge in [-0.25, -0.2) is 4.39 Å². The number of thiophene rings is 1. The van der Waals surface area contributed by atoms with E-state index in [1.807, 2.05) is 16.8 Å². The first-order valence-corrected chi connectivity index (χ1v) is 9.04. The predicted molar refractivity (Wildman–Crippen MR) is 92.1 cm³/mol. The van der Waals surface area contributed by atoms with E-state index in [4.69, 9.17) is 0 Å². The van der Waals surface area contributed by atoms with Crippen LogP contribution in [0.4, 0.5) is 4.39 Å². The SMILES string of the molecule is O=C(NC[C@@H](O)c1ccsc1)[C@@H]1CCCN1Cc1ccc(F)cc1. The number of rotatable bonds is 6. The van der Waals surface area contributed by atoms with Crippen molar-refractivity contribution in [3.05, 3.63) is 58.0 Å². The molecule has 1 aliphatic rings. The minimum atomic E-state index is -0.674. The van der Waals surface area contributed by atoms with Crippen molar-refractivity contribution in [1.82, 2.24) is 10.2 Å². The van der Waals surface area contributed by atoms with Gasteiger partial charge >= 0.3 is 0 Å². The highest BCUT2D eigenvalue weighted by Gasteiger charge is 2.30. The molecule has 0 bridgehead atoms. The fourth-order valence-electron chi connectivity index (χ4n) is 3.03. The highest BCUT2D eigenvalue weighted by atomic mass is 32.1. The number of carbonyl (C=O) groups excluding carboxylic acids is 1. The fraction of sp³-hybridized carbons (Fsp3) is 0.389. The van der Waals surface area contributed by atoms with Crippen LogP contribution in [0.25, 0.3) is 0 Å². The number of nitrogens with zero attached hydrogens (tertiary/aromatic N) is 1. The maximum Gasteiger partial charge on any atom is 0.237 e. The molecule has 24 heavy (non-hydrogen) atoms. The van der Waals surface area contributed by atoms with Crippen LogP contribution in [-0.4, -0.2) is 35.0 Å². The van der Waals surface area contributed by atoms with Crippen LogP contribution in [0.3, 0.4) is 0 Å². The standard InChI is InChI=1S/C18H21FN2O2S/c19-15-5-3-13(4-6-15)11-21-8-1-2-16(21)18(23)20-10-17(22)14-7-9-24-12-14/h3-7,9,12,16-17,22H,1-2,8,10-11H2,(H,20,23)/t16-,17+/m0/s1. The number of hydrogen-bond donors (Lipinski definition) is 2. The lowest BCUT2D eigenvalue weighted by Crippen LogP contribution is -2.44. The van der Waals surface area contributed by atoms with Gasteiger partial charge in [0, 0.05) is 13.1 Å². The zero-order valence-electron chi connectivity index (χ0n) is 13.3. The largest absolute Gasteiger partial charge is 0.387 e. The Morgan fingerprint density at radius 1 is 1.38 bits per heavy atom. The number of aliphatic hydroxyl groups is 1. The number of benzene rings is 1. The normalized spacial score (nSPS) is 19.3. The Balaban J connectivity index is 1.54. The van der Waals surface area contributed by atoms with Crippen LogP contribution < -0.4 is 5.32 Å². The summed E-state index contributed by atoms with van der Waals surface area (Å²) in [5, 5.41) is 16.7. The van der Waals surface area contributed by atoms with Gasteiger partial charge in [0.2, 0.25) is 5.91 Å². The molecule has 4 nitrogen and oxygen atoms in total. The first-order valence-electron chi connectivity index (χ1n) is 8.10. The lowest BCUT2D eigenvalue weighted by atomic mass is 10.1. The summed E-state index contributed by atoms with van der Waals surface area (Å²) >= 11 is 1.52. The lowest BCUT2D eigenvalue weighted by molar-refractivity contribution is -0.126. The van der Waals surface area contributed by atoms with Gasteiger partial charge in [-0.2, -0.15) is 11.3 Å². The fourth-order valence-corrected chi connectivity index (χ4v) is 3.74. The molecule has 0 saturated carbocycles. The molecule has 2 heterocycles. The lowest BCUT2D eigenvalue weighted by Gasteiger charge is -2.24. The third-order valence-corrected chi connectivity index (χ3v) is 5.06. The summed E-state index contributed by atoms with van der Waals surface area (Å²) in [5.74, 6) is -0.305. The molecule has 0 unspecified atom stereocenters. The molecule has 0 aliphatic carbocycles. The molecule has 0 radical (unpaired) electrons. The number of hydrogen-bond acceptors (Lipinski definition) is 4. The van der Waals surface area contributed by atoms with Crippen LogP contribution >= 0.6 is 11.3 Å². The van der Waals surface area contributed by atoms with Gasteiger partial charge in [0.15, 0.2) is 0 Å². The summed E-state index contributed by atoms with van der Waals surface area (Å²) in [5.41, 5.74) is 1.82. The van der Waals surface area contributed by atoms with Gasteiger partial charge in [0.25, 0.3) is 0 Å². The molecule has 2 aromatic rings. The molecule has 128 valence electrons. The van der Waals surface area contributed by atoms with Crippen LogP contribution in [0.1, 0.15) is 30.1 Å². The topological polar surface area (TPSA) is 52.6 Å². The summed E-state index contributed by atoms with van der Waals surface area (Å²) < 4.78 is 13.0. The Kier molecular flexibility index (Phi) is 5.60. The Bertz CT molecular complexity index is 660. The molecule has 1 amide bonds. The molecule has 1 aliphatic heterocycles. The Labute approximate surface area is 144 Å². The van der Waals surface area contributed by atoms with Gasteiger partial charge < -0.3 is 10.4 Å². The number of amides is 1. The quantitative estimate of drug-likeness (QED) is 0.844. The summed E-state index contributed by atoms with van der Waals surface area (Å²) in [6.07, 6.45) is 1.10. The smallest absolute Gasteiger partial charge is 0.237 e. The van der Waals surface area contributed by atoms with Crippen LogP contribution in [0.2, 0.25) is 0 Å². The van der Waals surface area contributed by atoms with Crippen LogP contribution in [0.5, 0.6) is 0 Å². The molecule has 1 fully saturated rings. The average molecular weight is 348 g/mol. The van der Waals surface area contributed by atoms with E-state index in [1.165, 1.54) is 23.5 Å². The van der Waals surface area contributed by atoms with Gasteiger partial charge in [-0.15, -0.1) is 0 Å². The number of aliphatic hydroxyl groups excluding tert-OH is 1. The van der Waals surface area contributed by atoms with Crippen LogP contribution in [0.15, 0.2) is 41.1 Å². The Morgan fingerprint density at radius 2 is 2.17 bits per heavy atom. The molecule has 1 aromatic carbocycles. The maximum atomic E-state index is 13.0. The number of carbonyl (C=O) groups is 1. The molecule has 0 spiro atoms. The van der Waals surface area contributed by atoms with Crippen molar-refractivity contribution in [3.8, 4) is 0 Å². The highest BCUT2D eigenvalue weighted by Crippen LogP contribution is 2.21. The second kappa shape index (κ2) is 7.88. The predicted octanol–water partition coefficient (Wildman–Crippen LogP) is 2.70. The van der Waals surface area contributed by atoms with E-state index in [0.29, 0.717) is 6.54 Å². The summed E-state index contributed by atoms with van der Waals surface area (Å²) in [6.45, 7) is 1.70. The minimum absolute atomic E-state index is 0.0520. The molecular weight excluding hydrogens is 327 g/mol. The molecule has 1 aromatic heterocycles. The van der Waals surface area contributed by atoms with Crippen molar-refractivity contribution in [2.24, 2.45) is 0 Å². The van der Waals surface area contributed by atoms with Gasteiger partial charge in [0.05, 0.1) is 12.1 Å². The third kappa shape index (κ3) is 4.20. The molecular formula is C18H21FN2O2S. The molecule has 6 heteroatoms. The van der Waals surface area contributed by atoms with Gasteiger partial charge in [-0.3, -0.25) is 9.69 Å². The van der Waals surface area contributed by atoms with E-state index < -0.39 is 6.10 Å². The van der Waals surface area contributed by atoms with E-state index in [2.05, 4.69) is 10.2 Å². The van der Waals surface area contributed by atoms with Gasteiger partial charge in [-0.05, 0) is 59.5 Å². The highest BCUT2D eigenvalue weighted by molar-refractivity contribution is 7.07. The van der Waals surface area contributed by atoms with Crippen molar-refractivity contribution in [2.45, 2.75) is 31.5 Å². The first-order chi connectivity index (χ1) is 11.6. The zero-order valence-corrected chi connectivity index (χ0v) is 14.1. The van der Waals surface area contributed by atoms with Crippen molar-refractivity contribution in [3.63, 3.8) is 0 Å². The van der Waals surface area contributed by atoms with Crippen molar-refractivity contribution in [2.75, 3.05) is 13.1 Å². The van der Waals surface area contributed by atoms with E-state index >= 15 is 0 Å². The number of likely N-dealkylation sites (tertiary alicyclic amines) is 1. The molecule has 2 atom stereocenters.